The van der Waals surface area contributed by atoms with Crippen molar-refractivity contribution in [3.63, 3.8) is 0 Å². The quantitative estimate of drug-likeness (QED) is 0.846. The van der Waals surface area contributed by atoms with Crippen LogP contribution in [0.3, 0.4) is 0 Å². The molecule has 0 aliphatic heterocycles. The van der Waals surface area contributed by atoms with Crippen LogP contribution in [0, 0.1) is 13.8 Å². The van der Waals surface area contributed by atoms with E-state index in [0.717, 1.165) is 16.8 Å². The highest BCUT2D eigenvalue weighted by Gasteiger charge is 2.11. The number of benzene rings is 2. The third-order valence-electron chi connectivity index (χ3n) is 3.26. The minimum atomic E-state index is -0.330. The molecule has 2 N–H and O–H groups in total. The predicted octanol–water partition coefficient (Wildman–Crippen LogP) is 3.27. The molecule has 0 aliphatic rings. The molecule has 0 spiro atoms. The van der Waals surface area contributed by atoms with Gasteiger partial charge in [-0.15, -0.1) is 0 Å². The van der Waals surface area contributed by atoms with E-state index in [9.17, 15) is 9.59 Å². The van der Waals surface area contributed by atoms with E-state index < -0.39 is 0 Å². The summed E-state index contributed by atoms with van der Waals surface area (Å²) in [5.74, 6) is -0.652. The summed E-state index contributed by atoms with van der Waals surface area (Å²) in [6, 6.07) is 14.8. The largest absolute Gasteiger partial charge is 0.326 e. The van der Waals surface area contributed by atoms with Gasteiger partial charge in [0.05, 0.1) is 0 Å². The van der Waals surface area contributed by atoms with Crippen LogP contribution in [0.1, 0.15) is 17.5 Å². The van der Waals surface area contributed by atoms with E-state index in [2.05, 4.69) is 10.6 Å². The molecule has 0 aromatic heterocycles. The van der Waals surface area contributed by atoms with Crippen molar-refractivity contribution in [2.75, 3.05) is 10.6 Å². The van der Waals surface area contributed by atoms with Gasteiger partial charge in [0, 0.05) is 11.4 Å². The fourth-order valence-corrected chi connectivity index (χ4v) is 1.95. The van der Waals surface area contributed by atoms with Crippen molar-refractivity contribution in [3.8, 4) is 0 Å². The minimum absolute atomic E-state index is 0.206. The Bertz CT molecular complexity index is 651. The van der Waals surface area contributed by atoms with Crippen LogP contribution < -0.4 is 10.6 Å². The van der Waals surface area contributed by atoms with Gasteiger partial charge < -0.3 is 10.6 Å². The highest BCUT2D eigenvalue weighted by molar-refractivity contribution is 6.08. The van der Waals surface area contributed by atoms with Crippen LogP contribution in [0.5, 0.6) is 0 Å². The molecule has 2 amide bonds. The maximum atomic E-state index is 11.9. The van der Waals surface area contributed by atoms with Crippen molar-refractivity contribution in [3.05, 3.63) is 59.7 Å². The lowest BCUT2D eigenvalue weighted by molar-refractivity contribution is -0.123. The molecule has 0 saturated heterocycles. The maximum absolute atomic E-state index is 11.9. The lowest BCUT2D eigenvalue weighted by atomic mass is 10.1. The van der Waals surface area contributed by atoms with Gasteiger partial charge in [0.15, 0.2) is 0 Å². The van der Waals surface area contributed by atoms with Gasteiger partial charge in [0.2, 0.25) is 11.8 Å². The third-order valence-corrected chi connectivity index (χ3v) is 3.26. The first-order chi connectivity index (χ1) is 10.1. The number of hydrogen-bond acceptors (Lipinski definition) is 2. The van der Waals surface area contributed by atoms with Crippen LogP contribution in [0.2, 0.25) is 0 Å². The van der Waals surface area contributed by atoms with E-state index in [1.54, 1.807) is 12.1 Å². The van der Waals surface area contributed by atoms with E-state index in [-0.39, 0.29) is 18.2 Å². The highest BCUT2D eigenvalue weighted by Crippen LogP contribution is 2.18. The molecular weight excluding hydrogens is 264 g/mol. The Morgan fingerprint density at radius 2 is 1.52 bits per heavy atom. The number of aryl methyl sites for hydroxylation is 1. The van der Waals surface area contributed by atoms with Crippen LogP contribution in [-0.2, 0) is 9.59 Å². The number of rotatable bonds is 4. The summed E-state index contributed by atoms with van der Waals surface area (Å²) in [4.78, 5) is 23.7. The van der Waals surface area contributed by atoms with Gasteiger partial charge in [-0.25, -0.2) is 0 Å². The molecular formula is C17H18N2O2. The molecule has 2 aromatic rings. The molecule has 0 radical (unpaired) electrons. The van der Waals surface area contributed by atoms with Gasteiger partial charge in [-0.2, -0.15) is 0 Å². The second-order valence-corrected chi connectivity index (χ2v) is 4.89. The van der Waals surface area contributed by atoms with Gasteiger partial charge in [-0.3, -0.25) is 9.59 Å². The number of para-hydroxylation sites is 1. The second kappa shape index (κ2) is 6.70. The Labute approximate surface area is 124 Å². The van der Waals surface area contributed by atoms with Gasteiger partial charge in [-0.1, -0.05) is 30.3 Å². The zero-order valence-electron chi connectivity index (χ0n) is 12.1. The number of amides is 2. The monoisotopic (exact) mass is 282 g/mol. The van der Waals surface area contributed by atoms with Gasteiger partial charge >= 0.3 is 0 Å². The van der Waals surface area contributed by atoms with Crippen LogP contribution in [0.25, 0.3) is 0 Å². The van der Waals surface area contributed by atoms with Crippen LogP contribution in [-0.4, -0.2) is 11.8 Å². The minimum Gasteiger partial charge on any atom is -0.326 e. The molecule has 2 aromatic carbocycles. The van der Waals surface area contributed by atoms with E-state index in [1.807, 2.05) is 50.2 Å². The molecule has 0 fully saturated rings. The van der Waals surface area contributed by atoms with Gasteiger partial charge in [0.1, 0.15) is 6.42 Å². The molecule has 0 heterocycles. The van der Waals surface area contributed by atoms with Crippen molar-refractivity contribution < 1.29 is 9.59 Å². The predicted molar refractivity (Wildman–Crippen MR) is 84.2 cm³/mol. The zero-order chi connectivity index (χ0) is 15.2. The average Bonchev–Trinajstić information content (AvgIpc) is 2.44. The summed E-state index contributed by atoms with van der Waals surface area (Å²) in [6.45, 7) is 3.92. The summed E-state index contributed by atoms with van der Waals surface area (Å²) in [5, 5.41) is 5.45. The maximum Gasteiger partial charge on any atom is 0.233 e. The van der Waals surface area contributed by atoms with E-state index in [1.165, 1.54) is 0 Å². The smallest absolute Gasteiger partial charge is 0.233 e. The van der Waals surface area contributed by atoms with E-state index in [0.29, 0.717) is 5.69 Å². The van der Waals surface area contributed by atoms with E-state index >= 15 is 0 Å². The lowest BCUT2D eigenvalue weighted by Crippen LogP contribution is -2.21. The second-order valence-electron chi connectivity index (χ2n) is 4.89. The van der Waals surface area contributed by atoms with Gasteiger partial charge in [0.25, 0.3) is 0 Å². The summed E-state index contributed by atoms with van der Waals surface area (Å²) in [7, 11) is 0. The molecule has 0 unspecified atom stereocenters. The molecule has 0 saturated carbocycles. The highest BCUT2D eigenvalue weighted by atomic mass is 16.2. The summed E-state index contributed by atoms with van der Waals surface area (Å²) >= 11 is 0. The normalized spacial score (nSPS) is 10.0. The van der Waals surface area contributed by atoms with E-state index in [4.69, 9.17) is 0 Å². The third kappa shape index (κ3) is 4.18. The molecule has 4 nitrogen and oxygen atoms in total. The Morgan fingerprint density at radius 1 is 0.857 bits per heavy atom. The van der Waals surface area contributed by atoms with Gasteiger partial charge in [-0.05, 0) is 43.2 Å². The van der Waals surface area contributed by atoms with Crippen LogP contribution in [0.15, 0.2) is 48.5 Å². The van der Waals surface area contributed by atoms with Crippen molar-refractivity contribution in [1.29, 1.82) is 0 Å². The number of anilines is 2. The Balaban J connectivity index is 1.92. The molecule has 0 bridgehead atoms. The molecule has 108 valence electrons. The first kappa shape index (κ1) is 14.8. The Kier molecular flexibility index (Phi) is 4.72. The number of carbonyl (C=O) groups is 2. The Morgan fingerprint density at radius 3 is 2.24 bits per heavy atom. The molecule has 21 heavy (non-hydrogen) atoms. The first-order valence-electron chi connectivity index (χ1n) is 6.77. The number of carbonyl (C=O) groups excluding carboxylic acids is 2. The van der Waals surface area contributed by atoms with Crippen molar-refractivity contribution >= 4 is 23.2 Å². The standard InChI is InChI=1S/C17H18N2O2/c1-12-7-6-10-15(13(12)2)19-17(21)11-16(20)18-14-8-4-3-5-9-14/h3-10H,11H2,1-2H3,(H,18,20)(H,19,21). The fourth-order valence-electron chi connectivity index (χ4n) is 1.95. The Hall–Kier alpha value is -2.62. The summed E-state index contributed by atoms with van der Waals surface area (Å²) < 4.78 is 0. The first-order valence-corrected chi connectivity index (χ1v) is 6.77. The summed E-state index contributed by atoms with van der Waals surface area (Å²) in [6.07, 6.45) is -0.206. The molecule has 0 atom stereocenters. The number of hydrogen-bond donors (Lipinski definition) is 2. The van der Waals surface area contributed by atoms with Crippen molar-refractivity contribution in [2.45, 2.75) is 20.3 Å². The van der Waals surface area contributed by atoms with Crippen molar-refractivity contribution in [2.24, 2.45) is 0 Å². The average molecular weight is 282 g/mol. The van der Waals surface area contributed by atoms with Crippen molar-refractivity contribution in [1.82, 2.24) is 0 Å². The van der Waals surface area contributed by atoms with Crippen LogP contribution in [0.4, 0.5) is 11.4 Å². The molecule has 4 heteroatoms. The zero-order valence-corrected chi connectivity index (χ0v) is 12.1. The SMILES string of the molecule is Cc1cccc(NC(=O)CC(=O)Nc2ccccc2)c1C. The molecule has 0 aliphatic carbocycles. The fraction of sp³-hybridized carbons (Fsp3) is 0.176. The molecule has 2 rings (SSSR count). The van der Waals surface area contributed by atoms with Crippen LogP contribution >= 0.6 is 0 Å². The summed E-state index contributed by atoms with van der Waals surface area (Å²) in [5.41, 5.74) is 3.53. The number of nitrogens with one attached hydrogen (secondary N) is 2. The lowest BCUT2D eigenvalue weighted by Gasteiger charge is -2.10. The topological polar surface area (TPSA) is 58.2 Å².